The van der Waals surface area contributed by atoms with Crippen LogP contribution < -0.4 is 0 Å². The monoisotopic (exact) mass is 657 g/mol. The Morgan fingerprint density at radius 1 is 0.451 bits per heavy atom. The van der Waals surface area contributed by atoms with Crippen molar-refractivity contribution in [3.05, 3.63) is 151 Å². The average Bonchev–Trinajstić information content (AvgIpc) is 3.88. The second-order valence-electron chi connectivity index (χ2n) is 13.1. The Kier molecular flexibility index (Phi) is 5.98. The first kappa shape index (κ1) is 28.1. The van der Waals surface area contributed by atoms with Crippen molar-refractivity contribution in [2.75, 3.05) is 0 Å². The molecule has 11 rings (SSSR count). The molecule has 0 N–H and O–H groups in total. The van der Waals surface area contributed by atoms with Crippen molar-refractivity contribution in [1.29, 1.82) is 0 Å². The fourth-order valence-corrected chi connectivity index (χ4v) is 7.64. The number of rotatable bonds is 4. The van der Waals surface area contributed by atoms with Gasteiger partial charge in [-0.15, -0.1) is 0 Å². The van der Waals surface area contributed by atoms with E-state index in [9.17, 15) is 0 Å². The summed E-state index contributed by atoms with van der Waals surface area (Å²) >= 11 is 0. The van der Waals surface area contributed by atoms with Gasteiger partial charge in [0.1, 0.15) is 39.3 Å². The number of nitrogens with zero attached hydrogens (tertiary/aromatic N) is 3. The Balaban J connectivity index is 1.12. The Morgan fingerprint density at radius 2 is 1.10 bits per heavy atom. The highest BCUT2D eigenvalue weighted by molar-refractivity contribution is 6.16. The Bertz CT molecular complexity index is 3090. The van der Waals surface area contributed by atoms with E-state index in [4.69, 9.17) is 28.2 Å². The molecule has 0 saturated carbocycles. The molecular weight excluding hydrogens is 631 g/mol. The third kappa shape index (κ3) is 4.40. The van der Waals surface area contributed by atoms with Gasteiger partial charge in [0, 0.05) is 49.4 Å². The van der Waals surface area contributed by atoms with Crippen LogP contribution in [0.25, 0.3) is 99.7 Å². The molecule has 1 atom stereocenters. The van der Waals surface area contributed by atoms with Gasteiger partial charge in [0.25, 0.3) is 0 Å². The summed E-state index contributed by atoms with van der Waals surface area (Å²) in [6, 6.07) is 41.2. The zero-order chi connectivity index (χ0) is 33.5. The smallest absolute Gasteiger partial charge is 0.164 e. The maximum atomic E-state index is 6.46. The van der Waals surface area contributed by atoms with Crippen molar-refractivity contribution in [1.82, 2.24) is 15.0 Å². The molecule has 1 unspecified atom stereocenters. The first-order valence-electron chi connectivity index (χ1n) is 17.1. The summed E-state index contributed by atoms with van der Waals surface area (Å²) in [5.41, 5.74) is 8.92. The predicted octanol–water partition coefficient (Wildman–Crippen LogP) is 12.2. The third-order valence-electron chi connectivity index (χ3n) is 10.1. The summed E-state index contributed by atoms with van der Waals surface area (Å²) in [6.07, 6.45) is 9.26. The molecular formula is C45H27N3O3. The molecule has 0 saturated heterocycles. The molecule has 6 aromatic carbocycles. The lowest BCUT2D eigenvalue weighted by atomic mass is 9.97. The van der Waals surface area contributed by atoms with Gasteiger partial charge in [-0.1, -0.05) is 97.1 Å². The minimum atomic E-state index is 0.0302. The van der Waals surface area contributed by atoms with Crippen LogP contribution in [0.3, 0.4) is 0 Å². The maximum absolute atomic E-state index is 6.46. The number of furan rings is 3. The van der Waals surface area contributed by atoms with Crippen molar-refractivity contribution in [2.45, 2.75) is 12.3 Å². The normalized spacial score (nSPS) is 14.6. The highest BCUT2D eigenvalue weighted by Gasteiger charge is 2.22. The van der Waals surface area contributed by atoms with Gasteiger partial charge in [0.2, 0.25) is 0 Å². The van der Waals surface area contributed by atoms with E-state index in [-0.39, 0.29) is 5.92 Å². The SMILES string of the molecule is C1=CCC(c2nc(-c3ccc4c(c3)oc3ccccc34)nc(-c3cccc4oc5ccc(-c6cccc7oc8ccccc8c67)cc5c34)n2)C=C1. The fourth-order valence-electron chi connectivity index (χ4n) is 7.64. The van der Waals surface area contributed by atoms with Crippen molar-refractivity contribution in [3.8, 4) is 33.9 Å². The van der Waals surface area contributed by atoms with Crippen LogP contribution in [0.4, 0.5) is 0 Å². The first-order valence-corrected chi connectivity index (χ1v) is 17.1. The van der Waals surface area contributed by atoms with Crippen LogP contribution in [0, 0.1) is 0 Å². The minimum Gasteiger partial charge on any atom is -0.456 e. The number of fused-ring (bicyclic) bond motifs is 9. The zero-order valence-corrected chi connectivity index (χ0v) is 27.2. The molecule has 0 aliphatic heterocycles. The second-order valence-corrected chi connectivity index (χ2v) is 13.1. The molecule has 240 valence electrons. The maximum Gasteiger partial charge on any atom is 0.164 e. The van der Waals surface area contributed by atoms with E-state index < -0.39 is 0 Å². The van der Waals surface area contributed by atoms with Gasteiger partial charge in [-0.3, -0.25) is 0 Å². The van der Waals surface area contributed by atoms with E-state index in [1.165, 1.54) is 0 Å². The molecule has 0 amide bonds. The number of benzene rings is 6. The lowest BCUT2D eigenvalue weighted by Gasteiger charge is -2.14. The van der Waals surface area contributed by atoms with Gasteiger partial charge in [-0.2, -0.15) is 0 Å². The molecule has 4 aromatic heterocycles. The fraction of sp³-hybridized carbons (Fsp3) is 0.0444. The molecule has 6 nitrogen and oxygen atoms in total. The van der Waals surface area contributed by atoms with Crippen molar-refractivity contribution < 1.29 is 13.3 Å². The van der Waals surface area contributed by atoms with Crippen LogP contribution in [0.2, 0.25) is 0 Å². The van der Waals surface area contributed by atoms with Gasteiger partial charge in [-0.25, -0.2) is 15.0 Å². The topological polar surface area (TPSA) is 78.1 Å². The number of aromatic nitrogens is 3. The Hall–Kier alpha value is -6.79. The van der Waals surface area contributed by atoms with Crippen LogP contribution >= 0.6 is 0 Å². The lowest BCUT2D eigenvalue weighted by molar-refractivity contribution is 0.668. The highest BCUT2D eigenvalue weighted by atomic mass is 16.3. The molecule has 1 aliphatic rings. The highest BCUT2D eigenvalue weighted by Crippen LogP contribution is 2.41. The number of para-hydroxylation sites is 2. The van der Waals surface area contributed by atoms with Gasteiger partial charge >= 0.3 is 0 Å². The largest absolute Gasteiger partial charge is 0.456 e. The van der Waals surface area contributed by atoms with Gasteiger partial charge in [-0.05, 0) is 66.1 Å². The molecule has 0 spiro atoms. The lowest BCUT2D eigenvalue weighted by Crippen LogP contribution is -2.08. The standard InChI is InChI=1S/C45H27N3O3/c1-2-10-26(11-3-1)43-46-44(28-20-22-31-30-12-4-6-16-35(30)51-40(31)25-28)48-45(47-43)33-15-9-19-39-42(33)34-24-27(21-23-37(34)50-39)29-14-8-18-38-41(29)32-13-5-7-17-36(32)49-38/h1-10,12-26H,11H2. The molecule has 0 fully saturated rings. The van der Waals surface area contributed by atoms with E-state index in [0.29, 0.717) is 11.6 Å². The van der Waals surface area contributed by atoms with E-state index in [2.05, 4.69) is 91.0 Å². The quantitative estimate of drug-likeness (QED) is 0.187. The number of hydrogen-bond donors (Lipinski definition) is 0. The molecule has 10 aromatic rings. The molecule has 4 heterocycles. The van der Waals surface area contributed by atoms with Crippen molar-refractivity contribution >= 4 is 65.8 Å². The number of allylic oxidation sites excluding steroid dienone is 4. The molecule has 0 radical (unpaired) electrons. The van der Waals surface area contributed by atoms with Crippen LogP contribution in [0.5, 0.6) is 0 Å². The third-order valence-corrected chi connectivity index (χ3v) is 10.1. The van der Waals surface area contributed by atoms with Crippen molar-refractivity contribution in [3.63, 3.8) is 0 Å². The predicted molar refractivity (Wildman–Crippen MR) is 204 cm³/mol. The summed E-state index contributed by atoms with van der Waals surface area (Å²) < 4.78 is 18.9. The van der Waals surface area contributed by atoms with Gasteiger partial charge < -0.3 is 13.3 Å². The zero-order valence-electron chi connectivity index (χ0n) is 27.2. The average molecular weight is 658 g/mol. The van der Waals surface area contributed by atoms with Gasteiger partial charge in [0.05, 0.1) is 0 Å². The summed E-state index contributed by atoms with van der Waals surface area (Å²) in [5, 5.41) is 6.31. The molecule has 51 heavy (non-hydrogen) atoms. The van der Waals surface area contributed by atoms with Crippen LogP contribution in [-0.4, -0.2) is 15.0 Å². The molecule has 1 aliphatic carbocycles. The summed E-state index contributed by atoms with van der Waals surface area (Å²) in [7, 11) is 0. The number of hydrogen-bond acceptors (Lipinski definition) is 6. The molecule has 0 bridgehead atoms. The van der Waals surface area contributed by atoms with E-state index in [0.717, 1.165) is 100 Å². The summed E-state index contributed by atoms with van der Waals surface area (Å²) in [6.45, 7) is 0. The van der Waals surface area contributed by atoms with E-state index in [1.54, 1.807) is 0 Å². The Labute approximate surface area is 291 Å². The van der Waals surface area contributed by atoms with Gasteiger partial charge in [0.15, 0.2) is 11.6 Å². The van der Waals surface area contributed by atoms with Crippen molar-refractivity contribution in [2.24, 2.45) is 0 Å². The first-order chi connectivity index (χ1) is 25.2. The van der Waals surface area contributed by atoms with Crippen LogP contribution in [-0.2, 0) is 0 Å². The molecule has 6 heteroatoms. The Morgan fingerprint density at radius 3 is 1.92 bits per heavy atom. The van der Waals surface area contributed by atoms with E-state index in [1.807, 2.05) is 54.6 Å². The summed E-state index contributed by atoms with van der Waals surface area (Å²) in [4.78, 5) is 15.4. The second kappa shape index (κ2) is 10.9. The van der Waals surface area contributed by atoms with E-state index >= 15 is 0 Å². The van der Waals surface area contributed by atoms with Crippen LogP contribution in [0.15, 0.2) is 159 Å². The minimum absolute atomic E-state index is 0.0302. The van der Waals surface area contributed by atoms with Crippen LogP contribution in [0.1, 0.15) is 18.2 Å². The summed E-state index contributed by atoms with van der Waals surface area (Å²) in [5.74, 6) is 1.96.